The molecular formula is C13H18ClN5O. The Morgan fingerprint density at radius 1 is 1.35 bits per heavy atom. The van der Waals surface area contributed by atoms with Crippen LogP contribution in [0.1, 0.15) is 25.5 Å². The Morgan fingerprint density at radius 2 is 2.10 bits per heavy atom. The van der Waals surface area contributed by atoms with Gasteiger partial charge in [-0.15, -0.1) is 0 Å². The van der Waals surface area contributed by atoms with Gasteiger partial charge in [-0.1, -0.05) is 24.9 Å². The largest absolute Gasteiger partial charge is 0.394 e. The molecule has 20 heavy (non-hydrogen) atoms. The molecule has 0 spiro atoms. The zero-order valence-corrected chi connectivity index (χ0v) is 12.3. The lowest BCUT2D eigenvalue weighted by molar-refractivity contribution is 0.268. The summed E-state index contributed by atoms with van der Waals surface area (Å²) in [5.74, 6) is 0.631. The van der Waals surface area contributed by atoms with Gasteiger partial charge in [0.2, 0.25) is 5.95 Å². The molecule has 0 aliphatic rings. The Bertz CT molecular complexity index is 619. The Morgan fingerprint density at radius 3 is 2.75 bits per heavy atom. The molecule has 0 saturated carbocycles. The Hall–Kier alpha value is -1.66. The fourth-order valence-corrected chi connectivity index (χ4v) is 2.35. The standard InChI is InChI=1S/C13H18ClN5O/c1-3-4-8(6-20)17-12-11-10(18-13(15)19-12)9(14)5-7(2)16-11/h5,8,20H,3-4,6H2,1-2H3,(H3,15,17,18,19)/t8-/m0/s1. The van der Waals surface area contributed by atoms with Gasteiger partial charge in [-0.25, -0.2) is 9.97 Å². The van der Waals surface area contributed by atoms with E-state index < -0.39 is 0 Å². The molecule has 0 aliphatic heterocycles. The minimum atomic E-state index is -0.0985. The van der Waals surface area contributed by atoms with Gasteiger partial charge in [0.15, 0.2) is 5.82 Å². The minimum absolute atomic E-state index is 0.0127. The second-order valence-corrected chi connectivity index (χ2v) is 5.09. The van der Waals surface area contributed by atoms with Gasteiger partial charge in [0.1, 0.15) is 11.0 Å². The number of nitrogen functional groups attached to an aromatic ring is 1. The van der Waals surface area contributed by atoms with Crippen LogP contribution in [0.25, 0.3) is 11.0 Å². The van der Waals surface area contributed by atoms with Crippen molar-refractivity contribution >= 4 is 34.4 Å². The quantitative estimate of drug-likeness (QED) is 0.782. The molecule has 0 radical (unpaired) electrons. The van der Waals surface area contributed by atoms with E-state index in [9.17, 15) is 5.11 Å². The molecule has 2 rings (SSSR count). The maximum atomic E-state index is 9.39. The van der Waals surface area contributed by atoms with Crippen molar-refractivity contribution in [1.29, 1.82) is 0 Å². The van der Waals surface area contributed by atoms with Gasteiger partial charge >= 0.3 is 0 Å². The lowest BCUT2D eigenvalue weighted by Crippen LogP contribution is -2.24. The summed E-state index contributed by atoms with van der Waals surface area (Å²) in [4.78, 5) is 12.7. The summed E-state index contributed by atoms with van der Waals surface area (Å²) in [6.07, 6.45) is 1.77. The molecule has 0 amide bonds. The number of halogens is 1. The van der Waals surface area contributed by atoms with Gasteiger partial charge in [0.25, 0.3) is 0 Å². The predicted octanol–water partition coefficient (Wildman–Crippen LogP) is 2.14. The molecule has 0 saturated heterocycles. The maximum Gasteiger partial charge on any atom is 0.222 e. The molecule has 108 valence electrons. The molecule has 2 aromatic heterocycles. The summed E-state index contributed by atoms with van der Waals surface area (Å²) in [6, 6.07) is 1.63. The highest BCUT2D eigenvalue weighted by Gasteiger charge is 2.14. The first kappa shape index (κ1) is 14.7. The van der Waals surface area contributed by atoms with Gasteiger partial charge in [-0.05, 0) is 19.4 Å². The average Bonchev–Trinajstić information content (AvgIpc) is 2.39. The molecule has 0 aliphatic carbocycles. The number of aromatic nitrogens is 3. The molecule has 0 bridgehead atoms. The number of hydrogen-bond donors (Lipinski definition) is 3. The summed E-state index contributed by atoms with van der Waals surface area (Å²) < 4.78 is 0. The number of aliphatic hydroxyl groups is 1. The first-order valence-corrected chi connectivity index (χ1v) is 6.90. The molecule has 4 N–H and O–H groups in total. The van der Waals surface area contributed by atoms with Crippen LogP contribution < -0.4 is 11.1 Å². The summed E-state index contributed by atoms with van der Waals surface area (Å²) >= 11 is 6.17. The van der Waals surface area contributed by atoms with E-state index in [2.05, 4.69) is 27.2 Å². The Kier molecular flexibility index (Phi) is 4.57. The molecule has 2 aromatic rings. The van der Waals surface area contributed by atoms with Crippen molar-refractivity contribution in [3.63, 3.8) is 0 Å². The van der Waals surface area contributed by atoms with Gasteiger partial charge in [-0.2, -0.15) is 4.98 Å². The molecule has 7 heteroatoms. The molecule has 1 atom stereocenters. The second kappa shape index (κ2) is 6.19. The molecule has 0 unspecified atom stereocenters. The van der Waals surface area contributed by atoms with Crippen LogP contribution in [0.3, 0.4) is 0 Å². The van der Waals surface area contributed by atoms with Gasteiger partial charge in [0.05, 0.1) is 17.7 Å². The number of pyridine rings is 1. The van der Waals surface area contributed by atoms with E-state index in [-0.39, 0.29) is 18.6 Å². The highest BCUT2D eigenvalue weighted by atomic mass is 35.5. The number of fused-ring (bicyclic) bond motifs is 1. The van der Waals surface area contributed by atoms with Crippen molar-refractivity contribution < 1.29 is 5.11 Å². The molecule has 6 nitrogen and oxygen atoms in total. The molecular weight excluding hydrogens is 278 g/mol. The number of nitrogens with zero attached hydrogens (tertiary/aromatic N) is 3. The van der Waals surface area contributed by atoms with Crippen LogP contribution in [0.15, 0.2) is 6.07 Å². The van der Waals surface area contributed by atoms with Crippen LogP contribution in [0.5, 0.6) is 0 Å². The number of rotatable bonds is 5. The third-order valence-electron chi connectivity index (χ3n) is 2.95. The van der Waals surface area contributed by atoms with E-state index in [1.807, 2.05) is 6.92 Å². The van der Waals surface area contributed by atoms with Crippen molar-refractivity contribution in [2.75, 3.05) is 17.7 Å². The first-order valence-electron chi connectivity index (χ1n) is 6.53. The lowest BCUT2D eigenvalue weighted by atomic mass is 10.2. The van der Waals surface area contributed by atoms with E-state index in [0.29, 0.717) is 21.9 Å². The third kappa shape index (κ3) is 3.08. The summed E-state index contributed by atoms with van der Waals surface area (Å²) in [5.41, 5.74) is 7.57. The lowest BCUT2D eigenvalue weighted by Gasteiger charge is -2.17. The van der Waals surface area contributed by atoms with E-state index in [4.69, 9.17) is 17.3 Å². The van der Waals surface area contributed by atoms with Crippen LogP contribution in [0.2, 0.25) is 5.02 Å². The second-order valence-electron chi connectivity index (χ2n) is 4.69. The van der Waals surface area contributed by atoms with Crippen LogP contribution in [0.4, 0.5) is 11.8 Å². The molecule has 0 fully saturated rings. The fourth-order valence-electron chi connectivity index (χ4n) is 2.06. The van der Waals surface area contributed by atoms with E-state index in [1.165, 1.54) is 0 Å². The minimum Gasteiger partial charge on any atom is -0.394 e. The SMILES string of the molecule is CCC[C@@H](CO)Nc1nc(N)nc2c(Cl)cc(C)nc12. The van der Waals surface area contributed by atoms with Crippen molar-refractivity contribution in [1.82, 2.24) is 15.0 Å². The van der Waals surface area contributed by atoms with Gasteiger partial charge in [0, 0.05) is 5.69 Å². The predicted molar refractivity (Wildman–Crippen MR) is 80.9 cm³/mol. The maximum absolute atomic E-state index is 9.39. The molecule has 2 heterocycles. The first-order chi connectivity index (χ1) is 9.55. The number of nitrogens with two attached hydrogens (primary N) is 1. The normalized spacial score (nSPS) is 12.6. The van der Waals surface area contributed by atoms with Crippen LogP contribution in [-0.2, 0) is 0 Å². The van der Waals surface area contributed by atoms with Crippen LogP contribution >= 0.6 is 11.6 Å². The van der Waals surface area contributed by atoms with Crippen LogP contribution in [0, 0.1) is 6.92 Å². The summed E-state index contributed by atoms with van der Waals surface area (Å²) in [5, 5.41) is 13.0. The van der Waals surface area contributed by atoms with Crippen molar-refractivity contribution in [3.05, 3.63) is 16.8 Å². The van der Waals surface area contributed by atoms with Gasteiger partial charge < -0.3 is 16.2 Å². The smallest absolute Gasteiger partial charge is 0.222 e. The number of hydrogen-bond acceptors (Lipinski definition) is 6. The Labute approximate surface area is 122 Å². The topological polar surface area (TPSA) is 97.0 Å². The zero-order valence-electron chi connectivity index (χ0n) is 11.5. The number of aryl methyl sites for hydroxylation is 1. The van der Waals surface area contributed by atoms with Crippen molar-refractivity contribution in [2.24, 2.45) is 0 Å². The highest BCUT2D eigenvalue weighted by molar-refractivity contribution is 6.35. The van der Waals surface area contributed by atoms with E-state index in [0.717, 1.165) is 18.5 Å². The van der Waals surface area contributed by atoms with Crippen molar-refractivity contribution in [3.8, 4) is 0 Å². The third-order valence-corrected chi connectivity index (χ3v) is 3.24. The van der Waals surface area contributed by atoms with E-state index in [1.54, 1.807) is 6.07 Å². The van der Waals surface area contributed by atoms with Crippen molar-refractivity contribution in [2.45, 2.75) is 32.7 Å². The number of nitrogens with one attached hydrogen (secondary N) is 1. The summed E-state index contributed by atoms with van der Waals surface area (Å²) in [6.45, 7) is 3.91. The summed E-state index contributed by atoms with van der Waals surface area (Å²) in [7, 11) is 0. The Balaban J connectivity index is 2.51. The highest BCUT2D eigenvalue weighted by Crippen LogP contribution is 2.27. The molecule has 0 aromatic carbocycles. The monoisotopic (exact) mass is 295 g/mol. The zero-order chi connectivity index (χ0) is 14.7. The van der Waals surface area contributed by atoms with Gasteiger partial charge in [-0.3, -0.25) is 0 Å². The average molecular weight is 296 g/mol. The van der Waals surface area contributed by atoms with E-state index >= 15 is 0 Å². The number of anilines is 2. The number of aliphatic hydroxyl groups excluding tert-OH is 1. The van der Waals surface area contributed by atoms with Crippen LogP contribution in [-0.4, -0.2) is 32.7 Å². The fraction of sp³-hybridized carbons (Fsp3) is 0.462.